The second-order valence-electron chi connectivity index (χ2n) is 4.39. The number of esters is 1. The van der Waals surface area contributed by atoms with Crippen molar-refractivity contribution in [1.82, 2.24) is 5.32 Å². The van der Waals surface area contributed by atoms with Gasteiger partial charge >= 0.3 is 5.97 Å². The second-order valence-corrected chi connectivity index (χ2v) is 5.24. The smallest absolute Gasteiger partial charge is 0.309 e. The predicted molar refractivity (Wildman–Crippen MR) is 72.0 cm³/mol. The van der Waals surface area contributed by atoms with Gasteiger partial charge in [-0.2, -0.15) is 0 Å². The molecule has 0 atom stereocenters. The minimum absolute atomic E-state index is 0.00138. The van der Waals surface area contributed by atoms with Gasteiger partial charge in [-0.15, -0.1) is 0 Å². The number of carbonyl (C=O) groups excluding carboxylic acids is 2. The zero-order valence-electron chi connectivity index (χ0n) is 10.1. The number of benzene rings is 1. The molecule has 102 valence electrons. The average Bonchev–Trinajstić information content (AvgIpc) is 3.19. The van der Waals surface area contributed by atoms with Gasteiger partial charge in [0.25, 0.3) is 5.91 Å². The molecule has 0 unspecified atom stereocenters. The fourth-order valence-electron chi connectivity index (χ4n) is 1.48. The molecule has 0 bridgehead atoms. The Morgan fingerprint density at radius 1 is 1.32 bits per heavy atom. The van der Waals surface area contributed by atoms with Crippen LogP contribution in [0.15, 0.2) is 18.2 Å². The predicted octanol–water partition coefficient (Wildman–Crippen LogP) is 2.56. The van der Waals surface area contributed by atoms with E-state index in [1.165, 1.54) is 0 Å². The quantitative estimate of drug-likeness (QED) is 0.851. The van der Waals surface area contributed by atoms with Crippen LogP contribution in [0.1, 0.15) is 18.4 Å². The molecule has 0 radical (unpaired) electrons. The summed E-state index contributed by atoms with van der Waals surface area (Å²) < 4.78 is 4.86. The van der Waals surface area contributed by atoms with E-state index in [0.717, 1.165) is 18.4 Å². The first-order chi connectivity index (χ1) is 9.06. The molecular formula is C13H13Cl2NO3. The summed E-state index contributed by atoms with van der Waals surface area (Å²) in [6, 6.07) is 5.04. The summed E-state index contributed by atoms with van der Waals surface area (Å²) in [5, 5.41) is 3.66. The number of amides is 1. The van der Waals surface area contributed by atoms with Crippen LogP contribution in [0, 0.1) is 5.92 Å². The molecule has 6 heteroatoms. The van der Waals surface area contributed by atoms with Crippen LogP contribution < -0.4 is 5.32 Å². The molecule has 1 aliphatic rings. The summed E-state index contributed by atoms with van der Waals surface area (Å²) in [7, 11) is 0. The molecule has 1 aromatic carbocycles. The van der Waals surface area contributed by atoms with Crippen molar-refractivity contribution in [1.29, 1.82) is 0 Å². The summed E-state index contributed by atoms with van der Waals surface area (Å²) >= 11 is 11.7. The molecule has 1 saturated carbocycles. The number of ether oxygens (including phenoxy) is 1. The molecule has 1 aliphatic carbocycles. The van der Waals surface area contributed by atoms with Crippen molar-refractivity contribution in [3.63, 3.8) is 0 Å². The van der Waals surface area contributed by atoms with E-state index >= 15 is 0 Å². The highest BCUT2D eigenvalue weighted by Gasteiger charge is 2.31. The summed E-state index contributed by atoms with van der Waals surface area (Å²) in [5.41, 5.74) is 0.757. The Labute approximate surface area is 121 Å². The Hall–Kier alpha value is -1.26. The van der Waals surface area contributed by atoms with Crippen molar-refractivity contribution in [2.24, 2.45) is 5.92 Å². The van der Waals surface area contributed by atoms with Gasteiger partial charge in [-0.3, -0.25) is 9.59 Å². The molecule has 0 aromatic heterocycles. The van der Waals surface area contributed by atoms with Crippen molar-refractivity contribution >= 4 is 35.1 Å². The van der Waals surface area contributed by atoms with Crippen LogP contribution in [0.4, 0.5) is 0 Å². The number of rotatable bonds is 5. The average molecular weight is 302 g/mol. The maximum Gasteiger partial charge on any atom is 0.309 e. The summed E-state index contributed by atoms with van der Waals surface area (Å²) in [4.78, 5) is 22.7. The summed E-state index contributed by atoms with van der Waals surface area (Å²) in [6.07, 6.45) is 1.72. The minimum Gasteiger partial charge on any atom is -0.455 e. The van der Waals surface area contributed by atoms with Crippen molar-refractivity contribution in [2.75, 3.05) is 6.61 Å². The van der Waals surface area contributed by atoms with E-state index in [4.69, 9.17) is 27.9 Å². The second kappa shape index (κ2) is 6.26. The first kappa shape index (κ1) is 14.2. The third-order valence-electron chi connectivity index (χ3n) is 2.75. The van der Waals surface area contributed by atoms with E-state index < -0.39 is 0 Å². The van der Waals surface area contributed by atoms with E-state index in [9.17, 15) is 9.59 Å². The molecule has 2 rings (SSSR count). The van der Waals surface area contributed by atoms with Gasteiger partial charge < -0.3 is 10.1 Å². The molecule has 0 aliphatic heterocycles. The van der Waals surface area contributed by atoms with Gasteiger partial charge in [0, 0.05) is 16.6 Å². The molecule has 0 saturated heterocycles. The number of carbonyl (C=O) groups is 2. The van der Waals surface area contributed by atoms with Crippen LogP contribution in [0.3, 0.4) is 0 Å². The fraction of sp³-hybridized carbons (Fsp3) is 0.385. The van der Waals surface area contributed by atoms with Crippen LogP contribution in [-0.2, 0) is 20.9 Å². The minimum atomic E-state index is -0.347. The summed E-state index contributed by atoms with van der Waals surface area (Å²) in [6.45, 7) is 0.0242. The third kappa shape index (κ3) is 4.40. The highest BCUT2D eigenvalue weighted by molar-refractivity contribution is 6.35. The van der Waals surface area contributed by atoms with Crippen molar-refractivity contribution in [2.45, 2.75) is 19.4 Å². The molecule has 4 nitrogen and oxygen atoms in total. The largest absolute Gasteiger partial charge is 0.455 e. The lowest BCUT2D eigenvalue weighted by Crippen LogP contribution is -2.28. The van der Waals surface area contributed by atoms with Crippen molar-refractivity contribution < 1.29 is 14.3 Å². The number of hydrogen-bond acceptors (Lipinski definition) is 3. The van der Waals surface area contributed by atoms with Gasteiger partial charge in [0.1, 0.15) is 0 Å². The molecule has 1 fully saturated rings. The van der Waals surface area contributed by atoms with Gasteiger partial charge in [0.2, 0.25) is 0 Å². The van der Waals surface area contributed by atoms with E-state index in [2.05, 4.69) is 5.32 Å². The zero-order chi connectivity index (χ0) is 13.8. The van der Waals surface area contributed by atoms with E-state index in [1.54, 1.807) is 18.2 Å². The Kier molecular flexibility index (Phi) is 4.66. The fourth-order valence-corrected chi connectivity index (χ4v) is 1.96. The lowest BCUT2D eigenvalue weighted by molar-refractivity contribution is -0.149. The maximum absolute atomic E-state index is 11.5. The first-order valence-electron chi connectivity index (χ1n) is 5.93. The Bertz CT molecular complexity index is 501. The molecular weight excluding hydrogens is 289 g/mol. The monoisotopic (exact) mass is 301 g/mol. The zero-order valence-corrected chi connectivity index (χ0v) is 11.6. The molecule has 1 amide bonds. The Morgan fingerprint density at radius 2 is 2.05 bits per heavy atom. The molecule has 0 spiro atoms. The van der Waals surface area contributed by atoms with Crippen LogP contribution >= 0.6 is 23.2 Å². The standard InChI is InChI=1S/C13H13Cl2NO3/c14-10-4-3-9(11(15)5-10)6-16-12(17)7-19-13(18)8-1-2-8/h3-5,8H,1-2,6-7H2,(H,16,17). The van der Waals surface area contributed by atoms with E-state index in [0.29, 0.717) is 10.0 Å². The van der Waals surface area contributed by atoms with Crippen molar-refractivity contribution in [3.05, 3.63) is 33.8 Å². The van der Waals surface area contributed by atoms with Gasteiger partial charge in [0.15, 0.2) is 6.61 Å². The van der Waals surface area contributed by atoms with Gasteiger partial charge in [-0.05, 0) is 30.5 Å². The number of halogens is 2. The highest BCUT2D eigenvalue weighted by Crippen LogP contribution is 2.29. The van der Waals surface area contributed by atoms with E-state index in [1.807, 2.05) is 0 Å². The van der Waals surface area contributed by atoms with Crippen LogP contribution in [0.2, 0.25) is 10.0 Å². The summed E-state index contributed by atoms with van der Waals surface area (Å²) in [5.74, 6) is -0.641. The molecule has 1 N–H and O–H groups in total. The normalized spacial score (nSPS) is 14.0. The lowest BCUT2D eigenvalue weighted by atomic mass is 10.2. The number of nitrogens with one attached hydrogen (secondary N) is 1. The molecule has 0 heterocycles. The topological polar surface area (TPSA) is 55.4 Å². The SMILES string of the molecule is O=C(COC(=O)C1CC1)NCc1ccc(Cl)cc1Cl. The highest BCUT2D eigenvalue weighted by atomic mass is 35.5. The number of hydrogen-bond donors (Lipinski definition) is 1. The van der Waals surface area contributed by atoms with Crippen LogP contribution in [0.5, 0.6) is 0 Å². The molecule has 1 aromatic rings. The Balaban J connectivity index is 1.74. The maximum atomic E-state index is 11.5. The van der Waals surface area contributed by atoms with Crippen molar-refractivity contribution in [3.8, 4) is 0 Å². The van der Waals surface area contributed by atoms with Crippen LogP contribution in [0.25, 0.3) is 0 Å². The van der Waals surface area contributed by atoms with Gasteiger partial charge in [-0.25, -0.2) is 0 Å². The molecule has 19 heavy (non-hydrogen) atoms. The van der Waals surface area contributed by atoms with Crippen LogP contribution in [-0.4, -0.2) is 18.5 Å². The lowest BCUT2D eigenvalue weighted by Gasteiger charge is -2.08. The third-order valence-corrected chi connectivity index (χ3v) is 3.33. The van der Waals surface area contributed by atoms with Gasteiger partial charge in [0.05, 0.1) is 5.92 Å². The Morgan fingerprint density at radius 3 is 2.68 bits per heavy atom. The first-order valence-corrected chi connectivity index (χ1v) is 6.69. The van der Waals surface area contributed by atoms with Gasteiger partial charge in [-0.1, -0.05) is 29.3 Å². The van der Waals surface area contributed by atoms with E-state index in [-0.39, 0.29) is 30.9 Å².